The summed E-state index contributed by atoms with van der Waals surface area (Å²) in [5.74, 6) is -0.755. The molecule has 0 bridgehead atoms. The lowest BCUT2D eigenvalue weighted by molar-refractivity contribution is -0.118. The van der Waals surface area contributed by atoms with Gasteiger partial charge in [-0.05, 0) is 31.0 Å². The van der Waals surface area contributed by atoms with Gasteiger partial charge in [-0.25, -0.2) is 9.18 Å². The largest absolute Gasteiger partial charge is 0.380 e. The second-order valence-electron chi connectivity index (χ2n) is 6.64. The van der Waals surface area contributed by atoms with Crippen LogP contribution in [-0.4, -0.2) is 68.8 Å². The van der Waals surface area contributed by atoms with Crippen LogP contribution in [0.2, 0.25) is 5.02 Å². The molecule has 0 radical (unpaired) electrons. The number of benzene rings is 1. The van der Waals surface area contributed by atoms with Crippen LogP contribution in [-0.2, 0) is 9.53 Å². The normalized spacial score (nSPS) is 21.2. The molecular weight excluding hydrogens is 375 g/mol. The number of carbonyl (C=O) groups is 2. The van der Waals surface area contributed by atoms with Gasteiger partial charge >= 0.3 is 6.03 Å². The predicted molar refractivity (Wildman–Crippen MR) is 101 cm³/mol. The molecule has 1 aromatic rings. The van der Waals surface area contributed by atoms with E-state index in [1.807, 2.05) is 0 Å². The third-order valence-electron chi connectivity index (χ3n) is 4.75. The van der Waals surface area contributed by atoms with E-state index in [1.165, 1.54) is 23.1 Å². The van der Waals surface area contributed by atoms with Gasteiger partial charge in [0.15, 0.2) is 0 Å². The molecule has 0 saturated carbocycles. The van der Waals surface area contributed by atoms with E-state index in [0.717, 1.165) is 32.7 Å². The molecule has 2 fully saturated rings. The minimum absolute atomic E-state index is 0.0339. The molecule has 1 unspecified atom stereocenters. The first-order chi connectivity index (χ1) is 13.0. The Morgan fingerprint density at radius 1 is 1.30 bits per heavy atom. The number of carbonyl (C=O) groups excluding carboxylic acids is 2. The van der Waals surface area contributed by atoms with Gasteiger partial charge in [0, 0.05) is 45.0 Å². The van der Waals surface area contributed by atoms with Crippen LogP contribution in [0.1, 0.15) is 12.8 Å². The minimum Gasteiger partial charge on any atom is -0.380 e. The van der Waals surface area contributed by atoms with Crippen LogP contribution in [0.25, 0.3) is 0 Å². The standard InChI is InChI=1S/C18H24ClFN4O3/c19-14-12-13(2-3-15(14)20)24-7-4-16(17(24)25)22-18(26)21-5-8-23-6-1-10-27-11-9-23/h2-3,12,16H,1,4-11H2,(H2,21,22,26). The molecule has 1 aromatic carbocycles. The number of hydrogen-bond donors (Lipinski definition) is 2. The highest BCUT2D eigenvalue weighted by molar-refractivity contribution is 6.31. The quantitative estimate of drug-likeness (QED) is 0.790. The second kappa shape index (κ2) is 9.34. The van der Waals surface area contributed by atoms with Gasteiger partial charge in [0.2, 0.25) is 5.91 Å². The van der Waals surface area contributed by atoms with E-state index in [2.05, 4.69) is 15.5 Å². The Morgan fingerprint density at radius 2 is 2.15 bits per heavy atom. The summed E-state index contributed by atoms with van der Waals surface area (Å²) in [7, 11) is 0. The van der Waals surface area contributed by atoms with Crippen molar-refractivity contribution in [1.29, 1.82) is 0 Å². The summed E-state index contributed by atoms with van der Waals surface area (Å²) >= 11 is 5.79. The first-order valence-corrected chi connectivity index (χ1v) is 9.53. The van der Waals surface area contributed by atoms with Gasteiger partial charge in [-0.2, -0.15) is 0 Å². The van der Waals surface area contributed by atoms with Gasteiger partial charge < -0.3 is 20.3 Å². The predicted octanol–water partition coefficient (Wildman–Crippen LogP) is 1.61. The maximum absolute atomic E-state index is 13.3. The van der Waals surface area contributed by atoms with Crippen LogP contribution in [0.4, 0.5) is 14.9 Å². The van der Waals surface area contributed by atoms with Crippen molar-refractivity contribution in [3.8, 4) is 0 Å². The lowest BCUT2D eigenvalue weighted by atomic mass is 10.2. The van der Waals surface area contributed by atoms with Crippen molar-refractivity contribution in [3.63, 3.8) is 0 Å². The molecule has 0 aliphatic carbocycles. The highest BCUT2D eigenvalue weighted by Crippen LogP contribution is 2.26. The van der Waals surface area contributed by atoms with Crippen LogP contribution in [0, 0.1) is 5.82 Å². The first-order valence-electron chi connectivity index (χ1n) is 9.15. The van der Waals surface area contributed by atoms with Crippen LogP contribution >= 0.6 is 11.6 Å². The molecule has 3 amide bonds. The van der Waals surface area contributed by atoms with E-state index >= 15 is 0 Å². The Bertz CT molecular complexity index is 683. The fourth-order valence-electron chi connectivity index (χ4n) is 3.28. The summed E-state index contributed by atoms with van der Waals surface area (Å²) < 4.78 is 18.7. The number of amides is 3. The van der Waals surface area contributed by atoms with E-state index in [9.17, 15) is 14.0 Å². The second-order valence-corrected chi connectivity index (χ2v) is 7.04. The molecule has 2 aliphatic rings. The third kappa shape index (κ3) is 5.31. The van der Waals surface area contributed by atoms with Crippen molar-refractivity contribution in [2.24, 2.45) is 0 Å². The van der Waals surface area contributed by atoms with Gasteiger partial charge in [-0.1, -0.05) is 11.6 Å². The van der Waals surface area contributed by atoms with Crippen molar-refractivity contribution in [2.45, 2.75) is 18.9 Å². The van der Waals surface area contributed by atoms with Crippen LogP contribution in [0.5, 0.6) is 0 Å². The number of hydrogen-bond acceptors (Lipinski definition) is 4. The zero-order valence-electron chi connectivity index (χ0n) is 15.0. The molecule has 0 spiro atoms. The third-order valence-corrected chi connectivity index (χ3v) is 5.04. The van der Waals surface area contributed by atoms with E-state index < -0.39 is 11.9 Å². The topological polar surface area (TPSA) is 73.9 Å². The number of urea groups is 1. The van der Waals surface area contributed by atoms with E-state index in [4.69, 9.17) is 16.3 Å². The zero-order valence-corrected chi connectivity index (χ0v) is 15.8. The summed E-state index contributed by atoms with van der Waals surface area (Å²) in [4.78, 5) is 28.4. The number of nitrogens with zero attached hydrogens (tertiary/aromatic N) is 2. The Kier molecular flexibility index (Phi) is 6.87. The molecule has 2 aliphatic heterocycles. The molecule has 148 valence electrons. The van der Waals surface area contributed by atoms with Crippen molar-refractivity contribution >= 4 is 29.2 Å². The molecule has 2 saturated heterocycles. The number of anilines is 1. The summed E-state index contributed by atoms with van der Waals surface area (Å²) in [6.07, 6.45) is 1.48. The van der Waals surface area contributed by atoms with E-state index in [-0.39, 0.29) is 17.0 Å². The highest BCUT2D eigenvalue weighted by Gasteiger charge is 2.33. The molecule has 1 atom stereocenters. The Labute approximate surface area is 162 Å². The summed E-state index contributed by atoms with van der Waals surface area (Å²) in [6, 6.07) is 3.19. The molecule has 2 heterocycles. The molecule has 0 aromatic heterocycles. The molecule has 2 N–H and O–H groups in total. The maximum atomic E-state index is 13.3. The molecule has 27 heavy (non-hydrogen) atoms. The van der Waals surface area contributed by atoms with Gasteiger partial charge in [-0.3, -0.25) is 9.69 Å². The fourth-order valence-corrected chi connectivity index (χ4v) is 3.46. The summed E-state index contributed by atoms with van der Waals surface area (Å²) in [5, 5.41) is 5.47. The lowest BCUT2D eigenvalue weighted by Gasteiger charge is -2.20. The van der Waals surface area contributed by atoms with Gasteiger partial charge in [-0.15, -0.1) is 0 Å². The van der Waals surface area contributed by atoms with Gasteiger partial charge in [0.05, 0.1) is 11.6 Å². The Balaban J connectivity index is 1.44. The monoisotopic (exact) mass is 398 g/mol. The van der Waals surface area contributed by atoms with Gasteiger partial charge in [0.1, 0.15) is 11.9 Å². The SMILES string of the molecule is O=C(NCCN1CCCOCC1)NC1CCN(c2ccc(F)c(Cl)c2)C1=O. The summed E-state index contributed by atoms with van der Waals surface area (Å²) in [5.41, 5.74) is 0.527. The minimum atomic E-state index is -0.597. The highest BCUT2D eigenvalue weighted by atomic mass is 35.5. The molecule has 7 nitrogen and oxygen atoms in total. The number of ether oxygens (including phenoxy) is 1. The molecule has 9 heteroatoms. The van der Waals surface area contributed by atoms with Gasteiger partial charge in [0.25, 0.3) is 0 Å². The number of rotatable bonds is 5. The smallest absolute Gasteiger partial charge is 0.315 e. The Hall–Kier alpha value is -1.90. The fraction of sp³-hybridized carbons (Fsp3) is 0.556. The average molecular weight is 399 g/mol. The van der Waals surface area contributed by atoms with Crippen molar-refractivity contribution in [2.75, 3.05) is 50.8 Å². The zero-order chi connectivity index (χ0) is 19.2. The van der Waals surface area contributed by atoms with Crippen LogP contribution < -0.4 is 15.5 Å². The van der Waals surface area contributed by atoms with Crippen molar-refractivity contribution in [3.05, 3.63) is 29.0 Å². The van der Waals surface area contributed by atoms with Crippen molar-refractivity contribution in [1.82, 2.24) is 15.5 Å². The Morgan fingerprint density at radius 3 is 2.96 bits per heavy atom. The average Bonchev–Trinajstić information content (AvgIpc) is 2.85. The maximum Gasteiger partial charge on any atom is 0.315 e. The molecule has 3 rings (SSSR count). The summed E-state index contributed by atoms with van der Waals surface area (Å²) in [6.45, 7) is 5.01. The number of nitrogens with one attached hydrogen (secondary N) is 2. The van der Waals surface area contributed by atoms with Crippen LogP contribution in [0.15, 0.2) is 18.2 Å². The number of halogens is 2. The van der Waals surface area contributed by atoms with Crippen molar-refractivity contribution < 1.29 is 18.7 Å². The van der Waals surface area contributed by atoms with E-state index in [1.54, 1.807) is 0 Å². The lowest BCUT2D eigenvalue weighted by Crippen LogP contribution is -2.47. The van der Waals surface area contributed by atoms with E-state index in [0.29, 0.717) is 31.8 Å². The van der Waals surface area contributed by atoms with Crippen LogP contribution in [0.3, 0.4) is 0 Å². The molecular formula is C18H24ClFN4O3. The first kappa shape index (κ1) is 19.9.